The van der Waals surface area contributed by atoms with Gasteiger partial charge in [0.1, 0.15) is 0 Å². The van der Waals surface area contributed by atoms with Gasteiger partial charge < -0.3 is 15.4 Å². The van der Waals surface area contributed by atoms with E-state index >= 15 is 0 Å². The van der Waals surface area contributed by atoms with Crippen molar-refractivity contribution < 1.29 is 9.53 Å². The molecular formula is C17H23N5O2. The summed E-state index contributed by atoms with van der Waals surface area (Å²) in [5.41, 5.74) is 2.85. The Morgan fingerprint density at radius 1 is 1.38 bits per heavy atom. The van der Waals surface area contributed by atoms with Gasteiger partial charge in [0.15, 0.2) is 0 Å². The number of anilines is 2. The molecule has 2 aromatic rings. The molecule has 0 radical (unpaired) electrons. The molecular weight excluding hydrogens is 306 g/mol. The van der Waals surface area contributed by atoms with E-state index in [0.29, 0.717) is 17.3 Å². The van der Waals surface area contributed by atoms with Gasteiger partial charge in [-0.1, -0.05) is 0 Å². The van der Waals surface area contributed by atoms with Gasteiger partial charge in [0.25, 0.3) is 0 Å². The molecule has 128 valence electrons. The molecule has 1 saturated heterocycles. The number of nitrogens with one attached hydrogen (secondary N) is 2. The fourth-order valence-electron chi connectivity index (χ4n) is 2.98. The highest BCUT2D eigenvalue weighted by atomic mass is 16.5. The number of nitrogens with zero attached hydrogens (tertiary/aromatic N) is 3. The zero-order valence-electron chi connectivity index (χ0n) is 14.1. The fraction of sp³-hybridized carbons (Fsp3) is 0.471. The topological polar surface area (TPSA) is 81.1 Å². The van der Waals surface area contributed by atoms with Crippen LogP contribution in [-0.4, -0.2) is 40.9 Å². The van der Waals surface area contributed by atoms with Crippen LogP contribution in [0.3, 0.4) is 0 Å². The van der Waals surface area contributed by atoms with Gasteiger partial charge in [0, 0.05) is 12.4 Å². The number of methoxy groups -OCH3 is 1. The van der Waals surface area contributed by atoms with Gasteiger partial charge in [0.2, 0.25) is 0 Å². The smallest absolute Gasteiger partial charge is 0.340 e. The average molecular weight is 329 g/mol. The molecule has 2 aromatic heterocycles. The molecule has 1 fully saturated rings. The molecule has 0 bridgehead atoms. The van der Waals surface area contributed by atoms with Crippen molar-refractivity contribution in [1.29, 1.82) is 0 Å². The molecule has 1 aliphatic rings. The molecule has 0 aliphatic carbocycles. The summed E-state index contributed by atoms with van der Waals surface area (Å²) in [5, 5.41) is 11.3. The lowest BCUT2D eigenvalue weighted by Crippen LogP contribution is -2.15. The molecule has 0 spiro atoms. The van der Waals surface area contributed by atoms with Crippen molar-refractivity contribution in [2.45, 2.75) is 32.2 Å². The van der Waals surface area contributed by atoms with Gasteiger partial charge in [-0.2, -0.15) is 5.10 Å². The van der Waals surface area contributed by atoms with Crippen LogP contribution in [0.5, 0.6) is 0 Å². The van der Waals surface area contributed by atoms with Gasteiger partial charge in [-0.3, -0.25) is 9.67 Å². The number of hydrogen-bond donors (Lipinski definition) is 2. The van der Waals surface area contributed by atoms with Crippen molar-refractivity contribution in [2.75, 3.05) is 25.5 Å². The number of aryl methyl sites for hydroxylation is 1. The molecule has 7 heteroatoms. The lowest BCUT2D eigenvalue weighted by Gasteiger charge is -2.14. The van der Waals surface area contributed by atoms with E-state index in [1.54, 1.807) is 18.5 Å². The summed E-state index contributed by atoms with van der Waals surface area (Å²) in [4.78, 5) is 16.0. The van der Waals surface area contributed by atoms with E-state index in [9.17, 15) is 4.79 Å². The second-order valence-electron chi connectivity index (χ2n) is 5.98. The first-order valence-corrected chi connectivity index (χ1v) is 8.25. The summed E-state index contributed by atoms with van der Waals surface area (Å²) in [6, 6.07) is 2.05. The summed E-state index contributed by atoms with van der Waals surface area (Å²) < 4.78 is 6.87. The van der Waals surface area contributed by atoms with Crippen LogP contribution in [0.1, 0.15) is 41.4 Å². The highest BCUT2D eigenvalue weighted by molar-refractivity contribution is 5.96. The Balaban J connectivity index is 1.82. The number of rotatable bonds is 4. The Bertz CT molecular complexity index is 705. The zero-order chi connectivity index (χ0) is 16.9. The maximum atomic E-state index is 11.9. The predicted molar refractivity (Wildman–Crippen MR) is 91.6 cm³/mol. The Morgan fingerprint density at radius 2 is 2.25 bits per heavy atom. The largest absolute Gasteiger partial charge is 0.465 e. The first kappa shape index (κ1) is 16.4. The first-order valence-electron chi connectivity index (χ1n) is 8.25. The second kappa shape index (κ2) is 7.44. The van der Waals surface area contributed by atoms with Crippen LogP contribution < -0.4 is 10.6 Å². The standard InChI is InChI=1S/C17H23N5O2/c1-12-16(11-22(21-12)13-4-3-7-18-8-5-13)20-15-10-19-9-6-14(15)17(23)24-2/h6,9-11,13,18,20H,3-5,7-8H2,1-2H3/t13-/m1/s1. The molecule has 3 rings (SSSR count). The molecule has 0 saturated carbocycles. The Labute approximate surface area is 141 Å². The number of carbonyl (C=O) groups is 1. The molecule has 24 heavy (non-hydrogen) atoms. The van der Waals surface area contributed by atoms with Crippen LogP contribution in [0.15, 0.2) is 24.7 Å². The number of ether oxygens (including phenoxy) is 1. The Morgan fingerprint density at radius 3 is 3.08 bits per heavy atom. The minimum Gasteiger partial charge on any atom is -0.465 e. The second-order valence-corrected chi connectivity index (χ2v) is 5.98. The summed E-state index contributed by atoms with van der Waals surface area (Å²) in [6.45, 7) is 4.05. The minimum absolute atomic E-state index is 0.389. The van der Waals surface area contributed by atoms with E-state index in [4.69, 9.17) is 4.74 Å². The Kier molecular flexibility index (Phi) is 5.10. The number of hydrogen-bond acceptors (Lipinski definition) is 6. The SMILES string of the molecule is COC(=O)c1ccncc1Nc1cn([C@@H]2CCCNCC2)nc1C. The quantitative estimate of drug-likeness (QED) is 0.839. The summed E-state index contributed by atoms with van der Waals surface area (Å²) in [5.74, 6) is -0.389. The molecule has 1 aliphatic heterocycles. The highest BCUT2D eigenvalue weighted by Crippen LogP contribution is 2.26. The van der Waals surface area contributed by atoms with Crippen LogP contribution >= 0.6 is 0 Å². The van der Waals surface area contributed by atoms with Gasteiger partial charge in [-0.05, 0) is 45.3 Å². The lowest BCUT2D eigenvalue weighted by atomic mass is 10.1. The summed E-state index contributed by atoms with van der Waals surface area (Å²) in [7, 11) is 1.37. The van der Waals surface area contributed by atoms with E-state index < -0.39 is 0 Å². The van der Waals surface area contributed by atoms with Crippen molar-refractivity contribution >= 4 is 17.3 Å². The van der Waals surface area contributed by atoms with Crippen LogP contribution in [0.4, 0.5) is 11.4 Å². The number of pyridine rings is 1. The van der Waals surface area contributed by atoms with Crippen molar-refractivity contribution in [3.8, 4) is 0 Å². The molecule has 1 atom stereocenters. The van der Waals surface area contributed by atoms with Crippen LogP contribution in [0.25, 0.3) is 0 Å². The van der Waals surface area contributed by atoms with Gasteiger partial charge in [-0.25, -0.2) is 4.79 Å². The molecule has 7 nitrogen and oxygen atoms in total. The fourth-order valence-corrected chi connectivity index (χ4v) is 2.98. The van der Waals surface area contributed by atoms with Gasteiger partial charge in [-0.15, -0.1) is 0 Å². The van der Waals surface area contributed by atoms with Crippen LogP contribution in [0.2, 0.25) is 0 Å². The number of carbonyl (C=O) groups excluding carboxylic acids is 1. The van der Waals surface area contributed by atoms with Crippen molar-refractivity contribution in [2.24, 2.45) is 0 Å². The Hall–Kier alpha value is -2.41. The molecule has 0 aromatic carbocycles. The highest BCUT2D eigenvalue weighted by Gasteiger charge is 2.18. The third-order valence-electron chi connectivity index (χ3n) is 4.33. The first-order chi connectivity index (χ1) is 11.7. The third-order valence-corrected chi connectivity index (χ3v) is 4.33. The van der Waals surface area contributed by atoms with Gasteiger partial charge in [0.05, 0.1) is 42.0 Å². The zero-order valence-corrected chi connectivity index (χ0v) is 14.1. The number of esters is 1. The van der Waals surface area contributed by atoms with E-state index in [2.05, 4.69) is 20.7 Å². The summed E-state index contributed by atoms with van der Waals surface area (Å²) in [6.07, 6.45) is 8.56. The third kappa shape index (κ3) is 3.56. The van der Waals surface area contributed by atoms with Crippen LogP contribution in [-0.2, 0) is 4.74 Å². The van der Waals surface area contributed by atoms with Crippen molar-refractivity contribution in [1.82, 2.24) is 20.1 Å². The molecule has 3 heterocycles. The minimum atomic E-state index is -0.389. The average Bonchev–Trinajstić information content (AvgIpc) is 2.81. The monoisotopic (exact) mass is 329 g/mol. The lowest BCUT2D eigenvalue weighted by molar-refractivity contribution is 0.0602. The normalized spacial score (nSPS) is 18.0. The predicted octanol–water partition coefficient (Wildman–Crippen LogP) is 2.43. The number of aromatic nitrogens is 3. The van der Waals surface area contributed by atoms with E-state index in [-0.39, 0.29) is 5.97 Å². The van der Waals surface area contributed by atoms with E-state index in [1.807, 2.05) is 17.8 Å². The maximum absolute atomic E-state index is 11.9. The van der Waals surface area contributed by atoms with Crippen molar-refractivity contribution in [3.05, 3.63) is 35.9 Å². The molecule has 0 amide bonds. The van der Waals surface area contributed by atoms with E-state index in [0.717, 1.165) is 43.7 Å². The van der Waals surface area contributed by atoms with E-state index in [1.165, 1.54) is 7.11 Å². The summed E-state index contributed by atoms with van der Waals surface area (Å²) >= 11 is 0. The van der Waals surface area contributed by atoms with Crippen LogP contribution in [0, 0.1) is 6.92 Å². The molecule has 2 N–H and O–H groups in total. The van der Waals surface area contributed by atoms with Crippen molar-refractivity contribution in [3.63, 3.8) is 0 Å². The maximum Gasteiger partial charge on any atom is 0.340 e. The molecule has 0 unspecified atom stereocenters. The van der Waals surface area contributed by atoms with Gasteiger partial charge >= 0.3 is 5.97 Å².